The predicted octanol–water partition coefficient (Wildman–Crippen LogP) is 5.73. The number of nitrogen functional groups attached to an aromatic ring is 1. The molecule has 0 aliphatic rings. The number of benzene rings is 3. The third-order valence-corrected chi connectivity index (χ3v) is 5.04. The highest BCUT2D eigenvalue weighted by Crippen LogP contribution is 2.41. The zero-order chi connectivity index (χ0) is 16.4. The minimum absolute atomic E-state index is 0.755. The molecule has 1 aromatic heterocycles. The molecule has 0 radical (unpaired) electrons. The van der Waals surface area contributed by atoms with Crippen LogP contribution in [0.5, 0.6) is 0 Å². The maximum absolute atomic E-state index is 6.16. The molecule has 0 aliphatic carbocycles. The Balaban J connectivity index is 1.94. The van der Waals surface area contributed by atoms with Gasteiger partial charge < -0.3 is 5.73 Å². The molecule has 0 amide bonds. The number of rotatable bonds is 3. The zero-order valence-corrected chi connectivity index (χ0v) is 13.8. The van der Waals surface area contributed by atoms with E-state index < -0.39 is 0 Å². The van der Waals surface area contributed by atoms with E-state index in [1.165, 1.54) is 10.4 Å². The van der Waals surface area contributed by atoms with Gasteiger partial charge >= 0.3 is 0 Å². The molecule has 2 nitrogen and oxygen atoms in total. The minimum atomic E-state index is 0.755. The highest BCUT2D eigenvalue weighted by atomic mass is 32.1. The Morgan fingerprint density at radius 2 is 1.25 bits per heavy atom. The van der Waals surface area contributed by atoms with Crippen LogP contribution in [0.2, 0.25) is 0 Å². The van der Waals surface area contributed by atoms with Crippen LogP contribution in [0, 0.1) is 0 Å². The SMILES string of the molecule is Nc1ccccc1-c1nc(-c2ccccc2)c(-c2ccccc2)s1. The standard InChI is InChI=1S/C21H16N2S/c22-18-14-8-7-13-17(18)21-23-19(15-9-3-1-4-10-15)20(24-21)16-11-5-2-6-12-16/h1-14H,22H2. The van der Waals surface area contributed by atoms with Gasteiger partial charge in [-0.05, 0) is 17.7 Å². The Morgan fingerprint density at radius 1 is 0.667 bits per heavy atom. The lowest BCUT2D eigenvalue weighted by atomic mass is 10.1. The average molecular weight is 328 g/mol. The van der Waals surface area contributed by atoms with Crippen molar-refractivity contribution >= 4 is 17.0 Å². The molecule has 0 fully saturated rings. The van der Waals surface area contributed by atoms with Gasteiger partial charge in [-0.15, -0.1) is 11.3 Å². The van der Waals surface area contributed by atoms with Crippen LogP contribution < -0.4 is 5.73 Å². The van der Waals surface area contributed by atoms with Gasteiger partial charge in [0.15, 0.2) is 0 Å². The van der Waals surface area contributed by atoms with Crippen molar-refractivity contribution < 1.29 is 0 Å². The maximum atomic E-state index is 6.16. The first-order valence-corrected chi connectivity index (χ1v) is 8.61. The fraction of sp³-hybridized carbons (Fsp3) is 0. The van der Waals surface area contributed by atoms with E-state index in [1.807, 2.05) is 48.5 Å². The van der Waals surface area contributed by atoms with Crippen molar-refractivity contribution in [2.75, 3.05) is 5.73 Å². The molecule has 0 bridgehead atoms. The van der Waals surface area contributed by atoms with Crippen LogP contribution in [-0.4, -0.2) is 4.98 Å². The van der Waals surface area contributed by atoms with E-state index in [9.17, 15) is 0 Å². The number of hydrogen-bond donors (Lipinski definition) is 1. The Bertz CT molecular complexity index is 903. The second-order valence-electron chi connectivity index (χ2n) is 5.52. The Morgan fingerprint density at radius 3 is 1.92 bits per heavy atom. The average Bonchev–Trinajstić information content (AvgIpc) is 3.09. The quantitative estimate of drug-likeness (QED) is 0.488. The smallest absolute Gasteiger partial charge is 0.126 e. The summed E-state index contributed by atoms with van der Waals surface area (Å²) >= 11 is 1.68. The molecule has 3 aromatic carbocycles. The van der Waals surface area contributed by atoms with Gasteiger partial charge in [-0.2, -0.15) is 0 Å². The van der Waals surface area contributed by atoms with Crippen LogP contribution in [-0.2, 0) is 0 Å². The van der Waals surface area contributed by atoms with Crippen molar-refractivity contribution in [1.82, 2.24) is 4.98 Å². The molecule has 0 saturated heterocycles. The largest absolute Gasteiger partial charge is 0.398 e. The summed E-state index contributed by atoms with van der Waals surface area (Å²) in [5.74, 6) is 0. The topological polar surface area (TPSA) is 38.9 Å². The summed E-state index contributed by atoms with van der Waals surface area (Å²) in [6, 6.07) is 28.6. The maximum Gasteiger partial charge on any atom is 0.126 e. The highest BCUT2D eigenvalue weighted by molar-refractivity contribution is 7.19. The van der Waals surface area contributed by atoms with Crippen LogP contribution in [0.1, 0.15) is 0 Å². The first-order chi connectivity index (χ1) is 11.8. The summed E-state index contributed by atoms with van der Waals surface area (Å²) in [5.41, 5.74) is 11.2. The number of aromatic nitrogens is 1. The molecule has 1 heterocycles. The molecular formula is C21H16N2S. The van der Waals surface area contributed by atoms with Gasteiger partial charge in [-0.1, -0.05) is 72.8 Å². The molecule has 0 unspecified atom stereocenters. The van der Waals surface area contributed by atoms with Gasteiger partial charge in [-0.3, -0.25) is 0 Å². The molecule has 0 spiro atoms. The highest BCUT2D eigenvalue weighted by Gasteiger charge is 2.16. The summed E-state index contributed by atoms with van der Waals surface area (Å²) in [7, 11) is 0. The molecule has 0 saturated carbocycles. The zero-order valence-electron chi connectivity index (χ0n) is 13.0. The van der Waals surface area contributed by atoms with Crippen molar-refractivity contribution in [2.24, 2.45) is 0 Å². The van der Waals surface area contributed by atoms with Crippen LogP contribution in [0.25, 0.3) is 32.3 Å². The van der Waals surface area contributed by atoms with E-state index in [2.05, 4.69) is 36.4 Å². The summed E-state index contributed by atoms with van der Waals surface area (Å²) in [6.07, 6.45) is 0. The van der Waals surface area contributed by atoms with E-state index in [0.29, 0.717) is 0 Å². The molecular weight excluding hydrogens is 312 g/mol. The summed E-state index contributed by atoms with van der Waals surface area (Å²) in [6.45, 7) is 0. The first kappa shape index (κ1) is 14.7. The van der Waals surface area contributed by atoms with Gasteiger partial charge in [0.05, 0.1) is 10.6 Å². The van der Waals surface area contributed by atoms with Crippen LogP contribution >= 0.6 is 11.3 Å². The summed E-state index contributed by atoms with van der Waals surface area (Å²) in [5, 5.41) is 0.950. The molecule has 24 heavy (non-hydrogen) atoms. The summed E-state index contributed by atoms with van der Waals surface area (Å²) in [4.78, 5) is 6.09. The van der Waals surface area contributed by atoms with Crippen molar-refractivity contribution in [1.29, 1.82) is 0 Å². The predicted molar refractivity (Wildman–Crippen MR) is 103 cm³/mol. The fourth-order valence-corrected chi connectivity index (χ4v) is 3.84. The van der Waals surface area contributed by atoms with Crippen molar-refractivity contribution in [2.45, 2.75) is 0 Å². The number of para-hydroxylation sites is 1. The number of nitrogens with zero attached hydrogens (tertiary/aromatic N) is 1. The van der Waals surface area contributed by atoms with Crippen molar-refractivity contribution in [3.8, 4) is 32.3 Å². The van der Waals surface area contributed by atoms with E-state index in [4.69, 9.17) is 10.7 Å². The van der Waals surface area contributed by atoms with Gasteiger partial charge in [-0.25, -0.2) is 4.98 Å². The number of hydrogen-bond acceptors (Lipinski definition) is 3. The van der Waals surface area contributed by atoms with Gasteiger partial charge in [0.25, 0.3) is 0 Å². The minimum Gasteiger partial charge on any atom is -0.398 e. The van der Waals surface area contributed by atoms with Gasteiger partial charge in [0.2, 0.25) is 0 Å². The van der Waals surface area contributed by atoms with Crippen LogP contribution in [0.15, 0.2) is 84.9 Å². The monoisotopic (exact) mass is 328 g/mol. The first-order valence-electron chi connectivity index (χ1n) is 7.79. The number of thiazole rings is 1. The lowest BCUT2D eigenvalue weighted by Crippen LogP contribution is -1.88. The van der Waals surface area contributed by atoms with Crippen molar-refractivity contribution in [3.05, 3.63) is 84.9 Å². The molecule has 116 valence electrons. The van der Waals surface area contributed by atoms with Crippen molar-refractivity contribution in [3.63, 3.8) is 0 Å². The van der Waals surface area contributed by atoms with Gasteiger partial charge in [0.1, 0.15) is 5.01 Å². The Kier molecular flexibility index (Phi) is 3.85. The number of anilines is 1. The second-order valence-corrected chi connectivity index (χ2v) is 6.52. The lowest BCUT2D eigenvalue weighted by Gasteiger charge is -2.02. The van der Waals surface area contributed by atoms with E-state index in [0.717, 1.165) is 27.5 Å². The fourth-order valence-electron chi connectivity index (χ4n) is 2.70. The van der Waals surface area contributed by atoms with E-state index >= 15 is 0 Å². The van der Waals surface area contributed by atoms with Crippen LogP contribution in [0.4, 0.5) is 5.69 Å². The molecule has 0 atom stereocenters. The molecule has 0 aliphatic heterocycles. The molecule has 2 N–H and O–H groups in total. The summed E-state index contributed by atoms with van der Waals surface area (Å²) < 4.78 is 0. The molecule has 3 heteroatoms. The third-order valence-electron chi connectivity index (χ3n) is 3.90. The normalized spacial score (nSPS) is 10.7. The van der Waals surface area contributed by atoms with E-state index in [-0.39, 0.29) is 0 Å². The Hall–Kier alpha value is -2.91. The third kappa shape index (κ3) is 2.70. The van der Waals surface area contributed by atoms with Crippen LogP contribution in [0.3, 0.4) is 0 Å². The molecule has 4 aromatic rings. The second kappa shape index (κ2) is 6.30. The van der Waals surface area contributed by atoms with Gasteiger partial charge in [0, 0.05) is 16.8 Å². The lowest BCUT2D eigenvalue weighted by molar-refractivity contribution is 1.40. The number of nitrogens with two attached hydrogens (primary N) is 1. The van der Waals surface area contributed by atoms with E-state index in [1.54, 1.807) is 11.3 Å². The molecule has 4 rings (SSSR count). The Labute approximate surface area is 145 Å².